The average molecular weight is 256 g/mol. The van der Waals surface area contributed by atoms with E-state index < -0.39 is 0 Å². The molecule has 1 aromatic rings. The van der Waals surface area contributed by atoms with Gasteiger partial charge in [0, 0.05) is 7.05 Å². The van der Waals surface area contributed by atoms with E-state index in [0.717, 1.165) is 35.8 Å². The standard InChI is InChI=1S/C13H22ClN3/c1-3-10-12(14)11(17(2)16-10)8-13(9-15)6-4-5-7-13/h3-9,15H2,1-2H3. The molecule has 0 unspecified atom stereocenters. The molecule has 1 aliphatic carbocycles. The van der Waals surface area contributed by atoms with Crippen molar-refractivity contribution in [1.29, 1.82) is 0 Å². The molecule has 0 atom stereocenters. The van der Waals surface area contributed by atoms with E-state index in [9.17, 15) is 0 Å². The summed E-state index contributed by atoms with van der Waals surface area (Å²) in [4.78, 5) is 0. The molecule has 0 bridgehead atoms. The van der Waals surface area contributed by atoms with Crippen molar-refractivity contribution in [2.45, 2.75) is 45.4 Å². The van der Waals surface area contributed by atoms with Gasteiger partial charge in [-0.15, -0.1) is 0 Å². The zero-order valence-corrected chi connectivity index (χ0v) is 11.6. The highest BCUT2D eigenvalue weighted by molar-refractivity contribution is 6.31. The van der Waals surface area contributed by atoms with Crippen molar-refractivity contribution in [3.05, 3.63) is 16.4 Å². The smallest absolute Gasteiger partial charge is 0.0849 e. The Morgan fingerprint density at radius 1 is 1.41 bits per heavy atom. The molecule has 0 spiro atoms. The molecule has 0 aromatic carbocycles. The maximum atomic E-state index is 6.40. The quantitative estimate of drug-likeness (QED) is 0.899. The number of hydrogen-bond acceptors (Lipinski definition) is 2. The third-order valence-electron chi connectivity index (χ3n) is 4.14. The van der Waals surface area contributed by atoms with Crippen LogP contribution in [0.1, 0.15) is 44.0 Å². The second kappa shape index (κ2) is 4.99. The number of nitrogens with zero attached hydrogens (tertiary/aromatic N) is 2. The van der Waals surface area contributed by atoms with Gasteiger partial charge in [0.15, 0.2) is 0 Å². The number of hydrogen-bond donors (Lipinski definition) is 1. The minimum Gasteiger partial charge on any atom is -0.330 e. The van der Waals surface area contributed by atoms with E-state index in [1.807, 2.05) is 11.7 Å². The first kappa shape index (κ1) is 12.9. The zero-order chi connectivity index (χ0) is 12.5. The second-order valence-corrected chi connectivity index (χ2v) is 5.65. The van der Waals surface area contributed by atoms with Crippen molar-refractivity contribution in [2.24, 2.45) is 18.2 Å². The van der Waals surface area contributed by atoms with Crippen molar-refractivity contribution < 1.29 is 0 Å². The maximum absolute atomic E-state index is 6.40. The van der Waals surface area contributed by atoms with Crippen molar-refractivity contribution in [1.82, 2.24) is 9.78 Å². The molecule has 2 N–H and O–H groups in total. The summed E-state index contributed by atoms with van der Waals surface area (Å²) in [5.41, 5.74) is 8.42. The highest BCUT2D eigenvalue weighted by atomic mass is 35.5. The van der Waals surface area contributed by atoms with Gasteiger partial charge in [-0.3, -0.25) is 4.68 Å². The number of nitrogens with two attached hydrogens (primary N) is 1. The summed E-state index contributed by atoms with van der Waals surface area (Å²) in [6, 6.07) is 0. The molecule has 1 fully saturated rings. The SMILES string of the molecule is CCc1nn(C)c(CC2(CN)CCCC2)c1Cl. The van der Waals surface area contributed by atoms with Gasteiger partial charge in [0.25, 0.3) is 0 Å². The van der Waals surface area contributed by atoms with Crippen LogP contribution >= 0.6 is 11.6 Å². The molecule has 0 radical (unpaired) electrons. The number of rotatable bonds is 4. The Balaban J connectivity index is 2.25. The first-order valence-corrected chi connectivity index (χ1v) is 6.90. The van der Waals surface area contributed by atoms with Crippen LogP contribution in [0.25, 0.3) is 0 Å². The Morgan fingerprint density at radius 2 is 2.06 bits per heavy atom. The lowest BCUT2D eigenvalue weighted by Crippen LogP contribution is -2.30. The van der Waals surface area contributed by atoms with Crippen LogP contribution in [0.2, 0.25) is 5.02 Å². The second-order valence-electron chi connectivity index (χ2n) is 5.27. The van der Waals surface area contributed by atoms with Crippen LogP contribution in [0.15, 0.2) is 0 Å². The van der Waals surface area contributed by atoms with E-state index in [4.69, 9.17) is 17.3 Å². The Morgan fingerprint density at radius 3 is 2.53 bits per heavy atom. The summed E-state index contributed by atoms with van der Waals surface area (Å²) in [6.07, 6.45) is 6.92. The Labute approximate surface area is 108 Å². The Bertz CT molecular complexity index is 392. The van der Waals surface area contributed by atoms with Crippen molar-refractivity contribution in [2.75, 3.05) is 6.54 Å². The fraction of sp³-hybridized carbons (Fsp3) is 0.769. The lowest BCUT2D eigenvalue weighted by atomic mass is 9.81. The van der Waals surface area contributed by atoms with E-state index in [0.29, 0.717) is 0 Å². The first-order valence-electron chi connectivity index (χ1n) is 6.52. The van der Waals surface area contributed by atoms with Crippen molar-refractivity contribution in [3.63, 3.8) is 0 Å². The van der Waals surface area contributed by atoms with Crippen LogP contribution in [0.3, 0.4) is 0 Å². The zero-order valence-electron chi connectivity index (χ0n) is 10.8. The highest BCUT2D eigenvalue weighted by Crippen LogP contribution is 2.41. The Kier molecular flexibility index (Phi) is 3.79. The predicted molar refractivity (Wildman–Crippen MR) is 71.3 cm³/mol. The molecule has 0 aliphatic heterocycles. The van der Waals surface area contributed by atoms with Gasteiger partial charge in [-0.1, -0.05) is 31.4 Å². The molecule has 1 saturated carbocycles. The van der Waals surface area contributed by atoms with Crippen molar-refractivity contribution in [3.8, 4) is 0 Å². The molecular weight excluding hydrogens is 234 g/mol. The predicted octanol–water partition coefficient (Wildman–Crippen LogP) is 2.70. The minimum absolute atomic E-state index is 0.266. The molecule has 96 valence electrons. The van der Waals surface area contributed by atoms with Crippen LogP contribution in [-0.2, 0) is 19.9 Å². The number of aromatic nitrogens is 2. The van der Waals surface area contributed by atoms with E-state index in [-0.39, 0.29) is 5.41 Å². The van der Waals surface area contributed by atoms with Gasteiger partial charge in [-0.25, -0.2) is 0 Å². The molecular formula is C13H22ClN3. The topological polar surface area (TPSA) is 43.8 Å². The van der Waals surface area contributed by atoms with Gasteiger partial charge in [0.1, 0.15) is 0 Å². The summed E-state index contributed by atoms with van der Waals surface area (Å²) < 4.78 is 1.94. The highest BCUT2D eigenvalue weighted by Gasteiger charge is 2.34. The largest absolute Gasteiger partial charge is 0.330 e. The third kappa shape index (κ3) is 2.36. The lowest BCUT2D eigenvalue weighted by molar-refractivity contribution is 0.299. The molecule has 4 heteroatoms. The van der Waals surface area contributed by atoms with Crippen molar-refractivity contribution >= 4 is 11.6 Å². The third-order valence-corrected chi connectivity index (χ3v) is 4.58. The molecule has 1 heterocycles. The van der Waals surface area contributed by atoms with Gasteiger partial charge in [0.05, 0.1) is 16.4 Å². The van der Waals surface area contributed by atoms with E-state index in [1.54, 1.807) is 0 Å². The molecule has 3 nitrogen and oxygen atoms in total. The number of aryl methyl sites for hydroxylation is 2. The summed E-state index contributed by atoms with van der Waals surface area (Å²) >= 11 is 6.40. The fourth-order valence-corrected chi connectivity index (χ4v) is 3.31. The normalized spacial score (nSPS) is 18.8. The Hall–Kier alpha value is -0.540. The maximum Gasteiger partial charge on any atom is 0.0849 e. The summed E-state index contributed by atoms with van der Waals surface area (Å²) in [7, 11) is 1.99. The van der Waals surface area contributed by atoms with E-state index in [2.05, 4.69) is 12.0 Å². The van der Waals surface area contributed by atoms with Gasteiger partial charge < -0.3 is 5.73 Å². The van der Waals surface area contributed by atoms with Crippen LogP contribution in [0, 0.1) is 5.41 Å². The molecule has 0 amide bonds. The average Bonchev–Trinajstić information content (AvgIpc) is 2.90. The molecule has 0 saturated heterocycles. The summed E-state index contributed by atoms with van der Waals surface area (Å²) in [6.45, 7) is 2.85. The number of halogens is 1. The van der Waals surface area contributed by atoms with Gasteiger partial charge >= 0.3 is 0 Å². The van der Waals surface area contributed by atoms with Crippen LogP contribution in [0.4, 0.5) is 0 Å². The first-order chi connectivity index (χ1) is 8.12. The molecule has 17 heavy (non-hydrogen) atoms. The van der Waals surface area contributed by atoms with Crippen LogP contribution in [0.5, 0.6) is 0 Å². The summed E-state index contributed by atoms with van der Waals surface area (Å²) in [5, 5.41) is 5.34. The molecule has 1 aliphatic rings. The van der Waals surface area contributed by atoms with Gasteiger partial charge in [0.2, 0.25) is 0 Å². The lowest BCUT2D eigenvalue weighted by Gasteiger charge is -2.27. The molecule has 2 rings (SSSR count). The van der Waals surface area contributed by atoms with Gasteiger partial charge in [-0.05, 0) is 37.6 Å². The van der Waals surface area contributed by atoms with E-state index in [1.165, 1.54) is 25.7 Å². The van der Waals surface area contributed by atoms with E-state index >= 15 is 0 Å². The van der Waals surface area contributed by atoms with Crippen LogP contribution in [-0.4, -0.2) is 16.3 Å². The fourth-order valence-electron chi connectivity index (χ4n) is 2.95. The monoisotopic (exact) mass is 255 g/mol. The van der Waals surface area contributed by atoms with Gasteiger partial charge in [-0.2, -0.15) is 5.10 Å². The van der Waals surface area contributed by atoms with Crippen LogP contribution < -0.4 is 5.73 Å². The minimum atomic E-state index is 0.266. The summed E-state index contributed by atoms with van der Waals surface area (Å²) in [5.74, 6) is 0. The molecule has 1 aromatic heterocycles.